The Morgan fingerprint density at radius 2 is 0.846 bits per heavy atom. The standard InChI is InChI=1S/C16H30O10/c17-7-15(8-18,9-19)3-5-25-13(23)1-2-14(24)26-6-4-16(10-20,11-21)12-22/h17-22H,1-12H2. The highest BCUT2D eigenvalue weighted by atomic mass is 16.5. The Hall–Kier alpha value is -1.30. The minimum atomic E-state index is -1.13. The fourth-order valence-electron chi connectivity index (χ4n) is 1.89. The number of esters is 2. The van der Waals surface area contributed by atoms with E-state index >= 15 is 0 Å². The van der Waals surface area contributed by atoms with Gasteiger partial charge in [0.15, 0.2) is 0 Å². The zero-order valence-electron chi connectivity index (χ0n) is 14.8. The SMILES string of the molecule is O=C(CCC(=O)OCCC(CO)(CO)CO)OCCC(CO)(CO)CO. The first kappa shape index (κ1) is 24.7. The molecule has 0 bridgehead atoms. The van der Waals surface area contributed by atoms with E-state index in [4.69, 9.17) is 40.1 Å². The molecule has 0 radical (unpaired) electrons. The molecule has 0 saturated heterocycles. The maximum atomic E-state index is 11.6. The molecule has 0 spiro atoms. The fourth-order valence-corrected chi connectivity index (χ4v) is 1.89. The van der Waals surface area contributed by atoms with Crippen LogP contribution in [0.3, 0.4) is 0 Å². The fraction of sp³-hybridized carbons (Fsp3) is 0.875. The molecule has 0 rings (SSSR count). The van der Waals surface area contributed by atoms with Gasteiger partial charge in [-0.2, -0.15) is 0 Å². The highest BCUT2D eigenvalue weighted by molar-refractivity contribution is 5.77. The molecule has 0 aliphatic heterocycles. The molecule has 0 aromatic heterocycles. The second-order valence-corrected chi connectivity index (χ2v) is 6.39. The van der Waals surface area contributed by atoms with Gasteiger partial charge >= 0.3 is 11.9 Å². The quantitative estimate of drug-likeness (QED) is 0.167. The van der Waals surface area contributed by atoms with Crippen LogP contribution >= 0.6 is 0 Å². The Balaban J connectivity index is 4.04. The molecule has 6 N–H and O–H groups in total. The van der Waals surface area contributed by atoms with Crippen LogP contribution in [0.15, 0.2) is 0 Å². The van der Waals surface area contributed by atoms with Crippen LogP contribution in [-0.4, -0.2) is 95.4 Å². The minimum Gasteiger partial charge on any atom is -0.466 e. The molecule has 10 nitrogen and oxygen atoms in total. The Bertz CT molecular complexity index is 349. The van der Waals surface area contributed by atoms with Gasteiger partial charge in [-0.1, -0.05) is 0 Å². The molecule has 0 saturated carbocycles. The van der Waals surface area contributed by atoms with Crippen molar-refractivity contribution < 1.29 is 49.7 Å². The average molecular weight is 382 g/mol. The van der Waals surface area contributed by atoms with Crippen LogP contribution < -0.4 is 0 Å². The molecule has 0 unspecified atom stereocenters. The lowest BCUT2D eigenvalue weighted by Gasteiger charge is -2.26. The average Bonchev–Trinajstić information content (AvgIpc) is 2.68. The van der Waals surface area contributed by atoms with E-state index in [0.29, 0.717) is 0 Å². The second-order valence-electron chi connectivity index (χ2n) is 6.39. The van der Waals surface area contributed by atoms with Gasteiger partial charge in [-0.15, -0.1) is 0 Å². The number of hydrogen-bond acceptors (Lipinski definition) is 10. The lowest BCUT2D eigenvalue weighted by atomic mass is 9.88. The summed E-state index contributed by atoms with van der Waals surface area (Å²) < 4.78 is 9.77. The summed E-state index contributed by atoms with van der Waals surface area (Å²) in [5.74, 6) is -1.33. The van der Waals surface area contributed by atoms with Crippen molar-refractivity contribution in [2.24, 2.45) is 10.8 Å². The van der Waals surface area contributed by atoms with Crippen molar-refractivity contribution in [2.75, 3.05) is 52.9 Å². The molecule has 26 heavy (non-hydrogen) atoms. The monoisotopic (exact) mass is 382 g/mol. The molecule has 0 aromatic rings. The van der Waals surface area contributed by atoms with Gasteiger partial charge in [-0.3, -0.25) is 9.59 Å². The molecule has 0 heterocycles. The van der Waals surface area contributed by atoms with E-state index in [0.717, 1.165) is 0 Å². The summed E-state index contributed by atoms with van der Waals surface area (Å²) in [7, 11) is 0. The summed E-state index contributed by atoms with van der Waals surface area (Å²) in [6, 6.07) is 0. The predicted octanol–water partition coefficient (Wildman–Crippen LogP) is -2.44. The number of carbonyl (C=O) groups excluding carboxylic acids is 2. The molecule has 0 fully saturated rings. The molecule has 10 heteroatoms. The third kappa shape index (κ3) is 8.39. The van der Waals surface area contributed by atoms with Gasteiger partial charge in [-0.25, -0.2) is 0 Å². The van der Waals surface area contributed by atoms with E-state index < -0.39 is 62.4 Å². The number of carbonyl (C=O) groups is 2. The van der Waals surface area contributed by atoms with Crippen LogP contribution in [-0.2, 0) is 19.1 Å². The van der Waals surface area contributed by atoms with Gasteiger partial charge in [-0.05, 0) is 12.8 Å². The van der Waals surface area contributed by atoms with E-state index in [9.17, 15) is 9.59 Å². The molecule has 0 aliphatic carbocycles. The molecule has 0 amide bonds. The summed E-state index contributed by atoms with van der Waals surface area (Å²) in [5, 5.41) is 54.9. The third-order valence-corrected chi connectivity index (χ3v) is 4.34. The Morgan fingerprint density at radius 1 is 0.577 bits per heavy atom. The number of aliphatic hydroxyl groups is 6. The normalized spacial score (nSPS) is 12.1. The van der Waals surface area contributed by atoms with E-state index in [-0.39, 0.29) is 38.9 Å². The Labute approximate surface area is 152 Å². The first-order valence-corrected chi connectivity index (χ1v) is 8.33. The van der Waals surface area contributed by atoms with Crippen LogP contribution in [0, 0.1) is 10.8 Å². The highest BCUT2D eigenvalue weighted by Crippen LogP contribution is 2.21. The molecule has 0 aromatic carbocycles. The number of aliphatic hydroxyl groups excluding tert-OH is 6. The van der Waals surface area contributed by atoms with E-state index in [2.05, 4.69) is 0 Å². The largest absolute Gasteiger partial charge is 0.466 e. The first-order valence-electron chi connectivity index (χ1n) is 8.33. The highest BCUT2D eigenvalue weighted by Gasteiger charge is 2.29. The number of ether oxygens (including phenoxy) is 2. The summed E-state index contributed by atoms with van der Waals surface area (Å²) in [6.07, 6.45) is -0.320. The van der Waals surface area contributed by atoms with Crippen molar-refractivity contribution in [1.29, 1.82) is 0 Å². The van der Waals surface area contributed by atoms with Gasteiger partial charge in [0.05, 0.1) is 65.7 Å². The smallest absolute Gasteiger partial charge is 0.306 e. The van der Waals surface area contributed by atoms with E-state index in [1.807, 2.05) is 0 Å². The van der Waals surface area contributed by atoms with Crippen LogP contribution in [0.25, 0.3) is 0 Å². The van der Waals surface area contributed by atoms with Gasteiger partial charge in [0.1, 0.15) is 0 Å². The summed E-state index contributed by atoms with van der Waals surface area (Å²) in [4.78, 5) is 23.1. The van der Waals surface area contributed by atoms with E-state index in [1.54, 1.807) is 0 Å². The van der Waals surface area contributed by atoms with Crippen molar-refractivity contribution in [3.05, 3.63) is 0 Å². The molecular weight excluding hydrogens is 352 g/mol. The lowest BCUT2D eigenvalue weighted by Crippen LogP contribution is -2.35. The minimum absolute atomic E-state index is 0.0677. The van der Waals surface area contributed by atoms with Crippen molar-refractivity contribution in [3.8, 4) is 0 Å². The van der Waals surface area contributed by atoms with Crippen LogP contribution in [0.4, 0.5) is 0 Å². The topological polar surface area (TPSA) is 174 Å². The zero-order valence-corrected chi connectivity index (χ0v) is 14.8. The second kappa shape index (κ2) is 13.0. The number of rotatable bonds is 15. The molecular formula is C16H30O10. The number of hydrogen-bond donors (Lipinski definition) is 6. The van der Waals surface area contributed by atoms with Gasteiger partial charge in [0, 0.05) is 10.8 Å². The van der Waals surface area contributed by atoms with Gasteiger partial charge in [0.25, 0.3) is 0 Å². The third-order valence-electron chi connectivity index (χ3n) is 4.34. The van der Waals surface area contributed by atoms with Crippen molar-refractivity contribution in [1.82, 2.24) is 0 Å². The molecule has 154 valence electrons. The van der Waals surface area contributed by atoms with Crippen molar-refractivity contribution in [3.63, 3.8) is 0 Å². The van der Waals surface area contributed by atoms with Gasteiger partial charge in [0.2, 0.25) is 0 Å². The first-order chi connectivity index (χ1) is 12.4. The summed E-state index contributed by atoms with van der Waals surface area (Å²) >= 11 is 0. The van der Waals surface area contributed by atoms with Gasteiger partial charge < -0.3 is 40.1 Å². The Kier molecular flexibility index (Phi) is 12.3. The predicted molar refractivity (Wildman–Crippen MR) is 87.8 cm³/mol. The van der Waals surface area contributed by atoms with E-state index in [1.165, 1.54) is 0 Å². The van der Waals surface area contributed by atoms with Crippen LogP contribution in [0.2, 0.25) is 0 Å². The van der Waals surface area contributed by atoms with Crippen molar-refractivity contribution in [2.45, 2.75) is 25.7 Å². The lowest BCUT2D eigenvalue weighted by molar-refractivity contribution is -0.152. The van der Waals surface area contributed by atoms with Crippen LogP contribution in [0.1, 0.15) is 25.7 Å². The zero-order chi connectivity index (χ0) is 20.1. The maximum Gasteiger partial charge on any atom is 0.306 e. The van der Waals surface area contributed by atoms with Crippen LogP contribution in [0.5, 0.6) is 0 Å². The Morgan fingerprint density at radius 3 is 1.08 bits per heavy atom. The molecule has 0 atom stereocenters. The van der Waals surface area contributed by atoms with Crippen molar-refractivity contribution >= 4 is 11.9 Å². The molecule has 0 aliphatic rings. The maximum absolute atomic E-state index is 11.6. The summed E-state index contributed by atoms with van der Waals surface area (Å²) in [6.45, 7) is -2.99. The summed E-state index contributed by atoms with van der Waals surface area (Å²) in [5.41, 5.74) is -2.25.